The summed E-state index contributed by atoms with van der Waals surface area (Å²) in [5.74, 6) is 0.512. The first-order valence-corrected chi connectivity index (χ1v) is 11.4. The molecular formula is C23H35BrN2O3. The summed E-state index contributed by atoms with van der Waals surface area (Å²) in [7, 11) is 0. The Kier molecular flexibility index (Phi) is 8.15. The van der Waals surface area contributed by atoms with Gasteiger partial charge in [0.1, 0.15) is 5.60 Å². The lowest BCUT2D eigenvalue weighted by atomic mass is 9.95. The van der Waals surface area contributed by atoms with Gasteiger partial charge in [-0.25, -0.2) is 4.79 Å². The highest BCUT2D eigenvalue weighted by molar-refractivity contribution is 9.10. The molecule has 0 saturated carbocycles. The minimum absolute atomic E-state index is 0.0723. The molecule has 1 aliphatic heterocycles. The Morgan fingerprint density at radius 2 is 1.86 bits per heavy atom. The second kappa shape index (κ2) is 9.96. The van der Waals surface area contributed by atoms with Crippen LogP contribution in [0.1, 0.15) is 72.3 Å². The summed E-state index contributed by atoms with van der Waals surface area (Å²) < 4.78 is 6.42. The standard InChI is InChI=1S/C23H35BrN2O3/c1-7-12-26(20-9-8-18(16(2)3)15-19(20)24)21(27)17-10-13-25(14-11-17)22(28)29-23(4,5)6/h8-9,15-17H,7,10-14H2,1-6H3. The van der Waals surface area contributed by atoms with E-state index in [1.807, 2.05) is 31.7 Å². The van der Waals surface area contributed by atoms with E-state index in [-0.39, 0.29) is 17.9 Å². The zero-order valence-electron chi connectivity index (χ0n) is 18.6. The van der Waals surface area contributed by atoms with E-state index in [4.69, 9.17) is 4.74 Å². The number of anilines is 1. The van der Waals surface area contributed by atoms with Crippen molar-refractivity contribution in [1.82, 2.24) is 4.90 Å². The van der Waals surface area contributed by atoms with Crippen molar-refractivity contribution in [3.05, 3.63) is 28.2 Å². The van der Waals surface area contributed by atoms with Gasteiger partial charge in [0.2, 0.25) is 5.91 Å². The molecule has 2 amide bonds. The minimum atomic E-state index is -0.504. The SMILES string of the molecule is CCCN(C(=O)C1CCN(C(=O)OC(C)(C)C)CC1)c1ccc(C(C)C)cc1Br. The summed E-state index contributed by atoms with van der Waals surface area (Å²) in [6.07, 6.45) is 1.93. The second-order valence-electron chi connectivity index (χ2n) is 9.10. The van der Waals surface area contributed by atoms with Gasteiger partial charge >= 0.3 is 6.09 Å². The summed E-state index contributed by atoms with van der Waals surface area (Å²) in [5.41, 5.74) is 1.67. The number of hydrogen-bond donors (Lipinski definition) is 0. The quantitative estimate of drug-likeness (QED) is 0.537. The molecule has 0 spiro atoms. The molecule has 1 saturated heterocycles. The number of likely N-dealkylation sites (tertiary alicyclic amines) is 1. The van der Waals surface area contributed by atoms with Crippen LogP contribution in [0.4, 0.5) is 10.5 Å². The maximum absolute atomic E-state index is 13.3. The summed E-state index contributed by atoms with van der Waals surface area (Å²) in [6, 6.07) is 6.26. The number of carbonyl (C=O) groups excluding carboxylic acids is 2. The number of nitrogens with zero attached hydrogens (tertiary/aromatic N) is 2. The first kappa shape index (κ1) is 23.7. The molecule has 1 heterocycles. The van der Waals surface area contributed by atoms with Crippen LogP contribution in [-0.4, -0.2) is 42.1 Å². The molecular weight excluding hydrogens is 432 g/mol. The van der Waals surface area contributed by atoms with Crippen molar-refractivity contribution in [2.24, 2.45) is 5.92 Å². The zero-order valence-corrected chi connectivity index (χ0v) is 20.2. The molecule has 29 heavy (non-hydrogen) atoms. The molecule has 0 aromatic heterocycles. The third kappa shape index (κ3) is 6.46. The number of benzene rings is 1. The zero-order chi connectivity index (χ0) is 21.8. The van der Waals surface area contributed by atoms with Gasteiger partial charge < -0.3 is 14.5 Å². The average Bonchev–Trinajstić information content (AvgIpc) is 2.64. The highest BCUT2D eigenvalue weighted by Crippen LogP contribution is 2.32. The maximum Gasteiger partial charge on any atom is 0.410 e. The third-order valence-electron chi connectivity index (χ3n) is 5.14. The summed E-state index contributed by atoms with van der Waals surface area (Å²) in [4.78, 5) is 29.2. The van der Waals surface area contributed by atoms with Crippen molar-refractivity contribution in [2.45, 2.75) is 72.3 Å². The number of ether oxygens (including phenoxy) is 1. The average molecular weight is 467 g/mol. The number of carbonyl (C=O) groups is 2. The Morgan fingerprint density at radius 1 is 1.24 bits per heavy atom. The van der Waals surface area contributed by atoms with Crippen molar-refractivity contribution in [1.29, 1.82) is 0 Å². The van der Waals surface area contributed by atoms with Crippen molar-refractivity contribution < 1.29 is 14.3 Å². The topological polar surface area (TPSA) is 49.9 Å². The monoisotopic (exact) mass is 466 g/mol. The van der Waals surface area contributed by atoms with Crippen LogP contribution in [0.3, 0.4) is 0 Å². The molecule has 1 fully saturated rings. The molecule has 1 aromatic carbocycles. The van der Waals surface area contributed by atoms with E-state index in [2.05, 4.69) is 48.8 Å². The predicted molar refractivity (Wildman–Crippen MR) is 121 cm³/mol. The lowest BCUT2D eigenvalue weighted by Gasteiger charge is -2.35. The Balaban J connectivity index is 2.08. The van der Waals surface area contributed by atoms with Gasteiger partial charge in [-0.1, -0.05) is 26.8 Å². The fourth-order valence-electron chi connectivity index (χ4n) is 3.53. The fraction of sp³-hybridized carbons (Fsp3) is 0.652. The van der Waals surface area contributed by atoms with Gasteiger partial charge in [0.05, 0.1) is 5.69 Å². The van der Waals surface area contributed by atoms with Crippen LogP contribution in [0.2, 0.25) is 0 Å². The van der Waals surface area contributed by atoms with Gasteiger partial charge in [-0.3, -0.25) is 4.79 Å². The molecule has 0 aliphatic carbocycles. The summed E-state index contributed by atoms with van der Waals surface area (Å²) >= 11 is 3.67. The smallest absolute Gasteiger partial charge is 0.410 e. The molecule has 1 aliphatic rings. The van der Waals surface area contributed by atoms with Gasteiger partial charge in [-0.05, 0) is 79.6 Å². The van der Waals surface area contributed by atoms with Gasteiger partial charge in [0.25, 0.3) is 0 Å². The molecule has 1 aromatic rings. The Labute approximate surface area is 183 Å². The van der Waals surface area contributed by atoms with Crippen molar-refractivity contribution in [3.8, 4) is 0 Å². The van der Waals surface area contributed by atoms with Crippen LogP contribution in [0.5, 0.6) is 0 Å². The van der Waals surface area contributed by atoms with Crippen LogP contribution in [0.25, 0.3) is 0 Å². The van der Waals surface area contributed by atoms with Crippen molar-refractivity contribution in [2.75, 3.05) is 24.5 Å². The Hall–Kier alpha value is -1.56. The number of halogens is 1. The van der Waals surface area contributed by atoms with Crippen LogP contribution < -0.4 is 4.90 Å². The highest BCUT2D eigenvalue weighted by atomic mass is 79.9. The van der Waals surface area contributed by atoms with E-state index >= 15 is 0 Å². The largest absolute Gasteiger partial charge is 0.444 e. The molecule has 0 radical (unpaired) electrons. The summed E-state index contributed by atoms with van der Waals surface area (Å²) in [6.45, 7) is 13.8. The van der Waals surface area contributed by atoms with E-state index in [1.165, 1.54) is 5.56 Å². The van der Waals surface area contributed by atoms with E-state index in [0.717, 1.165) is 16.6 Å². The molecule has 162 valence electrons. The lowest BCUT2D eigenvalue weighted by molar-refractivity contribution is -0.123. The van der Waals surface area contributed by atoms with Crippen LogP contribution in [0.15, 0.2) is 22.7 Å². The van der Waals surface area contributed by atoms with E-state index in [9.17, 15) is 9.59 Å². The third-order valence-corrected chi connectivity index (χ3v) is 5.77. The van der Waals surface area contributed by atoms with Crippen LogP contribution in [-0.2, 0) is 9.53 Å². The van der Waals surface area contributed by atoms with Gasteiger partial charge in [0, 0.05) is 30.0 Å². The highest BCUT2D eigenvalue weighted by Gasteiger charge is 2.32. The summed E-state index contributed by atoms with van der Waals surface area (Å²) in [5, 5.41) is 0. The molecule has 6 heteroatoms. The Bertz CT molecular complexity index is 719. The van der Waals surface area contributed by atoms with Gasteiger partial charge in [0.15, 0.2) is 0 Å². The van der Waals surface area contributed by atoms with Gasteiger partial charge in [-0.2, -0.15) is 0 Å². The molecule has 0 N–H and O–H groups in total. The lowest BCUT2D eigenvalue weighted by Crippen LogP contribution is -2.46. The number of amides is 2. The molecule has 2 rings (SSSR count). The van der Waals surface area contributed by atoms with Crippen molar-refractivity contribution >= 4 is 33.6 Å². The first-order valence-electron chi connectivity index (χ1n) is 10.6. The second-order valence-corrected chi connectivity index (χ2v) is 9.95. The van der Waals surface area contributed by atoms with E-state index in [1.54, 1.807) is 4.90 Å². The number of piperidine rings is 1. The molecule has 0 atom stereocenters. The van der Waals surface area contributed by atoms with Gasteiger partial charge in [-0.15, -0.1) is 0 Å². The molecule has 0 unspecified atom stereocenters. The Morgan fingerprint density at radius 3 is 2.34 bits per heavy atom. The normalized spacial score (nSPS) is 15.5. The number of hydrogen-bond acceptors (Lipinski definition) is 3. The minimum Gasteiger partial charge on any atom is -0.444 e. The molecule has 0 bridgehead atoms. The molecule has 5 nitrogen and oxygen atoms in total. The van der Waals surface area contributed by atoms with Crippen LogP contribution in [0, 0.1) is 5.92 Å². The van der Waals surface area contributed by atoms with E-state index < -0.39 is 5.60 Å². The fourth-order valence-corrected chi connectivity index (χ4v) is 4.14. The van der Waals surface area contributed by atoms with E-state index in [0.29, 0.717) is 38.4 Å². The van der Waals surface area contributed by atoms with Crippen LogP contribution >= 0.6 is 15.9 Å². The predicted octanol–water partition coefficient (Wildman–Crippen LogP) is 5.96. The first-order chi connectivity index (χ1) is 13.5. The number of rotatable bonds is 5. The van der Waals surface area contributed by atoms with Crippen molar-refractivity contribution in [3.63, 3.8) is 0 Å². The maximum atomic E-state index is 13.3.